The summed E-state index contributed by atoms with van der Waals surface area (Å²) >= 11 is 0. The SMILES string of the molecule is COc1cccc(OC)c1Cn1ccc2oc(=O)[nH]c2c1=O. The molecule has 0 saturated carbocycles. The number of methoxy groups -OCH3 is 2. The van der Waals surface area contributed by atoms with Crippen LogP contribution >= 0.6 is 0 Å². The molecule has 0 spiro atoms. The predicted molar refractivity (Wildman–Crippen MR) is 79.7 cm³/mol. The van der Waals surface area contributed by atoms with Crippen molar-refractivity contribution in [2.45, 2.75) is 6.54 Å². The molecule has 0 radical (unpaired) electrons. The van der Waals surface area contributed by atoms with Gasteiger partial charge < -0.3 is 18.5 Å². The molecule has 3 rings (SSSR count). The number of oxazole rings is 1. The zero-order valence-corrected chi connectivity index (χ0v) is 12.1. The van der Waals surface area contributed by atoms with Crippen molar-refractivity contribution >= 4 is 11.1 Å². The largest absolute Gasteiger partial charge is 0.496 e. The Hall–Kier alpha value is -2.96. The van der Waals surface area contributed by atoms with Crippen LogP contribution in [0.2, 0.25) is 0 Å². The summed E-state index contributed by atoms with van der Waals surface area (Å²) in [5.74, 6) is 0.582. The van der Waals surface area contributed by atoms with E-state index in [0.29, 0.717) is 11.5 Å². The quantitative estimate of drug-likeness (QED) is 0.786. The smallest absolute Gasteiger partial charge is 0.417 e. The average Bonchev–Trinajstić information content (AvgIpc) is 2.91. The van der Waals surface area contributed by atoms with E-state index >= 15 is 0 Å². The Morgan fingerprint density at radius 1 is 1.14 bits per heavy atom. The van der Waals surface area contributed by atoms with Crippen LogP contribution in [-0.4, -0.2) is 23.8 Å². The second-order valence-corrected chi connectivity index (χ2v) is 4.64. The summed E-state index contributed by atoms with van der Waals surface area (Å²) < 4.78 is 17.0. The number of fused-ring (bicyclic) bond motifs is 1. The van der Waals surface area contributed by atoms with Gasteiger partial charge in [0.05, 0.1) is 26.3 Å². The fourth-order valence-corrected chi connectivity index (χ4v) is 2.36. The molecule has 0 bridgehead atoms. The summed E-state index contributed by atoms with van der Waals surface area (Å²) in [6, 6.07) is 6.96. The molecule has 3 aromatic rings. The van der Waals surface area contributed by atoms with E-state index < -0.39 is 5.76 Å². The van der Waals surface area contributed by atoms with Gasteiger partial charge in [-0.2, -0.15) is 0 Å². The molecule has 2 heterocycles. The van der Waals surface area contributed by atoms with Crippen molar-refractivity contribution in [1.29, 1.82) is 0 Å². The maximum absolute atomic E-state index is 12.4. The lowest BCUT2D eigenvalue weighted by Crippen LogP contribution is -2.21. The Morgan fingerprint density at radius 2 is 1.82 bits per heavy atom. The number of benzene rings is 1. The van der Waals surface area contributed by atoms with Crippen LogP contribution in [0.4, 0.5) is 0 Å². The monoisotopic (exact) mass is 302 g/mol. The molecule has 22 heavy (non-hydrogen) atoms. The van der Waals surface area contributed by atoms with Crippen molar-refractivity contribution in [2.75, 3.05) is 14.2 Å². The first-order chi connectivity index (χ1) is 10.6. The Labute approximate surface area is 124 Å². The van der Waals surface area contributed by atoms with Crippen molar-refractivity contribution in [1.82, 2.24) is 9.55 Å². The van der Waals surface area contributed by atoms with Crippen LogP contribution < -0.4 is 20.8 Å². The number of hydrogen-bond donors (Lipinski definition) is 1. The number of pyridine rings is 1. The molecule has 0 saturated heterocycles. The summed E-state index contributed by atoms with van der Waals surface area (Å²) in [5, 5.41) is 0. The van der Waals surface area contributed by atoms with Gasteiger partial charge in [-0.15, -0.1) is 0 Å². The van der Waals surface area contributed by atoms with Crippen LogP contribution in [-0.2, 0) is 6.54 Å². The maximum atomic E-state index is 12.4. The summed E-state index contributed by atoms with van der Waals surface area (Å²) in [5.41, 5.74) is 0.760. The van der Waals surface area contributed by atoms with Gasteiger partial charge in [0.2, 0.25) is 0 Å². The molecule has 1 N–H and O–H groups in total. The fourth-order valence-electron chi connectivity index (χ4n) is 2.36. The number of nitrogens with zero attached hydrogens (tertiary/aromatic N) is 1. The molecule has 0 aliphatic rings. The third-order valence-corrected chi connectivity index (χ3v) is 3.42. The Bertz CT molecular complexity index is 913. The van der Waals surface area contributed by atoms with E-state index in [4.69, 9.17) is 13.9 Å². The number of hydrogen-bond acceptors (Lipinski definition) is 5. The summed E-state index contributed by atoms with van der Waals surface area (Å²) in [4.78, 5) is 26.0. The number of H-pyrrole nitrogens is 1. The molecular formula is C15H14N2O5. The maximum Gasteiger partial charge on any atom is 0.417 e. The number of aromatic nitrogens is 2. The topological polar surface area (TPSA) is 86.5 Å². The first kappa shape index (κ1) is 14.0. The van der Waals surface area contributed by atoms with E-state index in [9.17, 15) is 9.59 Å². The number of rotatable bonds is 4. The zero-order valence-electron chi connectivity index (χ0n) is 12.1. The molecule has 114 valence electrons. The van der Waals surface area contributed by atoms with Crippen LogP contribution in [0.3, 0.4) is 0 Å². The Balaban J connectivity index is 2.13. The first-order valence-corrected chi connectivity index (χ1v) is 6.56. The van der Waals surface area contributed by atoms with Crippen LogP contribution in [0.25, 0.3) is 11.1 Å². The highest BCUT2D eigenvalue weighted by molar-refractivity contribution is 5.70. The van der Waals surface area contributed by atoms with E-state index in [0.717, 1.165) is 5.56 Å². The van der Waals surface area contributed by atoms with Crippen LogP contribution in [0.1, 0.15) is 5.56 Å². The van der Waals surface area contributed by atoms with E-state index in [1.165, 1.54) is 4.57 Å². The zero-order chi connectivity index (χ0) is 15.7. The lowest BCUT2D eigenvalue weighted by Gasteiger charge is -2.14. The van der Waals surface area contributed by atoms with Crippen molar-refractivity contribution in [3.63, 3.8) is 0 Å². The number of ether oxygens (including phenoxy) is 2. The van der Waals surface area contributed by atoms with Gasteiger partial charge >= 0.3 is 5.76 Å². The normalized spacial score (nSPS) is 10.8. The molecular weight excluding hydrogens is 288 g/mol. The van der Waals surface area contributed by atoms with Crippen molar-refractivity contribution in [3.05, 3.63) is 56.9 Å². The van der Waals surface area contributed by atoms with Crippen molar-refractivity contribution in [3.8, 4) is 11.5 Å². The second-order valence-electron chi connectivity index (χ2n) is 4.64. The molecule has 2 aromatic heterocycles. The average molecular weight is 302 g/mol. The number of aromatic amines is 1. The van der Waals surface area contributed by atoms with Crippen molar-refractivity contribution in [2.24, 2.45) is 0 Å². The van der Waals surface area contributed by atoms with Crippen LogP contribution in [0, 0.1) is 0 Å². The summed E-state index contributed by atoms with van der Waals surface area (Å²) in [7, 11) is 3.11. The molecule has 0 aliphatic carbocycles. The van der Waals surface area contributed by atoms with Gasteiger partial charge in [-0.05, 0) is 18.2 Å². The minimum absolute atomic E-state index is 0.140. The van der Waals surface area contributed by atoms with E-state index in [2.05, 4.69) is 4.98 Å². The molecule has 0 atom stereocenters. The second kappa shape index (κ2) is 5.44. The highest BCUT2D eigenvalue weighted by Gasteiger charge is 2.13. The van der Waals surface area contributed by atoms with Crippen LogP contribution in [0.5, 0.6) is 11.5 Å². The standard InChI is InChI=1S/C15H14N2O5/c1-20-10-4-3-5-11(21-2)9(10)8-17-7-6-12-13(14(17)18)16-15(19)22-12/h3-7H,8H2,1-2H3,(H,16,19). The lowest BCUT2D eigenvalue weighted by molar-refractivity contribution is 0.383. The van der Waals surface area contributed by atoms with Gasteiger partial charge in [0.25, 0.3) is 5.56 Å². The molecule has 0 fully saturated rings. The van der Waals surface area contributed by atoms with Gasteiger partial charge in [0.15, 0.2) is 11.1 Å². The molecule has 7 nitrogen and oxygen atoms in total. The van der Waals surface area contributed by atoms with E-state index in [-0.39, 0.29) is 23.2 Å². The highest BCUT2D eigenvalue weighted by atomic mass is 16.5. The van der Waals surface area contributed by atoms with Crippen molar-refractivity contribution < 1.29 is 13.9 Å². The van der Waals surface area contributed by atoms with E-state index in [1.54, 1.807) is 44.7 Å². The molecule has 0 aliphatic heterocycles. The third-order valence-electron chi connectivity index (χ3n) is 3.42. The molecule has 0 unspecified atom stereocenters. The highest BCUT2D eigenvalue weighted by Crippen LogP contribution is 2.28. The lowest BCUT2D eigenvalue weighted by atomic mass is 10.1. The summed E-state index contributed by atoms with van der Waals surface area (Å²) in [6.07, 6.45) is 1.56. The Kier molecular flexibility index (Phi) is 3.46. The van der Waals surface area contributed by atoms with Gasteiger partial charge in [-0.1, -0.05) is 6.07 Å². The van der Waals surface area contributed by atoms with Gasteiger partial charge in [0.1, 0.15) is 11.5 Å². The third kappa shape index (κ3) is 2.26. The van der Waals surface area contributed by atoms with Gasteiger partial charge in [0, 0.05) is 6.20 Å². The Morgan fingerprint density at radius 3 is 2.45 bits per heavy atom. The summed E-state index contributed by atoms with van der Waals surface area (Å²) in [6.45, 7) is 0.245. The van der Waals surface area contributed by atoms with Gasteiger partial charge in [-0.25, -0.2) is 4.79 Å². The predicted octanol–water partition coefficient (Wildman–Crippen LogP) is 1.35. The molecule has 1 aromatic carbocycles. The van der Waals surface area contributed by atoms with Gasteiger partial charge in [-0.3, -0.25) is 9.78 Å². The van der Waals surface area contributed by atoms with Crippen LogP contribution in [0.15, 0.2) is 44.5 Å². The fraction of sp³-hybridized carbons (Fsp3) is 0.200. The minimum Gasteiger partial charge on any atom is -0.496 e. The molecule has 0 amide bonds. The van der Waals surface area contributed by atoms with E-state index in [1.807, 2.05) is 0 Å². The first-order valence-electron chi connectivity index (χ1n) is 6.56. The minimum atomic E-state index is -0.653. The molecule has 7 heteroatoms. The number of nitrogens with one attached hydrogen (secondary N) is 1.